The lowest BCUT2D eigenvalue weighted by molar-refractivity contribution is -0.385. The highest BCUT2D eigenvalue weighted by Crippen LogP contribution is 2.33. The summed E-state index contributed by atoms with van der Waals surface area (Å²) in [5.41, 5.74) is 0.421. The zero-order chi connectivity index (χ0) is 15.1. The standard InChI is InChI=1S/C13H14BrNO5/c1-3-9(13(16)19-2)7-8-20-11-6-4-5-10(12(11)14)15(17)18/h4-7H,3,8H2,1-2H3/b9-7-. The maximum Gasteiger partial charge on any atom is 0.333 e. The van der Waals surface area contributed by atoms with Crippen molar-refractivity contribution in [2.24, 2.45) is 0 Å². The van der Waals surface area contributed by atoms with E-state index in [-0.39, 0.29) is 16.8 Å². The van der Waals surface area contributed by atoms with Gasteiger partial charge in [-0.3, -0.25) is 10.1 Å². The number of nitro groups is 1. The molecule has 0 spiro atoms. The monoisotopic (exact) mass is 343 g/mol. The smallest absolute Gasteiger partial charge is 0.333 e. The van der Waals surface area contributed by atoms with E-state index in [0.717, 1.165) is 0 Å². The Morgan fingerprint density at radius 2 is 2.20 bits per heavy atom. The molecule has 7 heteroatoms. The fraction of sp³-hybridized carbons (Fsp3) is 0.308. The second-order valence-electron chi connectivity index (χ2n) is 3.73. The zero-order valence-electron chi connectivity index (χ0n) is 11.1. The van der Waals surface area contributed by atoms with Crippen LogP contribution in [0.5, 0.6) is 5.75 Å². The van der Waals surface area contributed by atoms with Crippen molar-refractivity contribution in [2.45, 2.75) is 13.3 Å². The molecule has 0 fully saturated rings. The molecule has 0 heterocycles. The molecule has 1 aromatic rings. The third-order valence-electron chi connectivity index (χ3n) is 2.54. The van der Waals surface area contributed by atoms with E-state index in [1.54, 1.807) is 12.1 Å². The van der Waals surface area contributed by atoms with E-state index >= 15 is 0 Å². The van der Waals surface area contributed by atoms with E-state index in [1.165, 1.54) is 19.2 Å². The van der Waals surface area contributed by atoms with Crippen LogP contribution in [-0.4, -0.2) is 24.6 Å². The van der Waals surface area contributed by atoms with E-state index in [4.69, 9.17) is 4.74 Å². The number of esters is 1. The molecule has 1 rings (SSSR count). The average Bonchev–Trinajstić information content (AvgIpc) is 2.44. The normalized spacial score (nSPS) is 11.1. The van der Waals surface area contributed by atoms with Gasteiger partial charge in [-0.25, -0.2) is 4.79 Å². The second kappa shape index (κ2) is 7.64. The molecule has 0 saturated heterocycles. The zero-order valence-corrected chi connectivity index (χ0v) is 12.7. The van der Waals surface area contributed by atoms with Crippen LogP contribution in [0.4, 0.5) is 5.69 Å². The van der Waals surface area contributed by atoms with E-state index in [0.29, 0.717) is 17.7 Å². The van der Waals surface area contributed by atoms with Gasteiger partial charge >= 0.3 is 5.97 Å². The Labute approximate surface area is 124 Å². The number of carbonyl (C=O) groups is 1. The average molecular weight is 344 g/mol. The summed E-state index contributed by atoms with van der Waals surface area (Å²) >= 11 is 3.13. The molecule has 0 aliphatic rings. The summed E-state index contributed by atoms with van der Waals surface area (Å²) in [5.74, 6) is -0.0648. The summed E-state index contributed by atoms with van der Waals surface area (Å²) in [7, 11) is 1.31. The highest BCUT2D eigenvalue weighted by Gasteiger charge is 2.15. The molecule has 0 atom stereocenters. The summed E-state index contributed by atoms with van der Waals surface area (Å²) in [6.07, 6.45) is 2.11. The highest BCUT2D eigenvalue weighted by molar-refractivity contribution is 9.10. The fourth-order valence-electron chi connectivity index (χ4n) is 1.49. The van der Waals surface area contributed by atoms with Gasteiger partial charge in [0, 0.05) is 11.6 Å². The summed E-state index contributed by atoms with van der Waals surface area (Å²) in [4.78, 5) is 21.6. The van der Waals surface area contributed by atoms with Gasteiger partial charge in [0.05, 0.1) is 12.0 Å². The minimum absolute atomic E-state index is 0.0739. The first-order valence-electron chi connectivity index (χ1n) is 5.84. The van der Waals surface area contributed by atoms with Crippen molar-refractivity contribution in [3.05, 3.63) is 44.4 Å². The lowest BCUT2D eigenvalue weighted by Crippen LogP contribution is -2.06. The third kappa shape index (κ3) is 4.06. The van der Waals surface area contributed by atoms with Gasteiger partial charge in [-0.15, -0.1) is 0 Å². The number of rotatable bonds is 6. The maximum atomic E-state index is 11.4. The van der Waals surface area contributed by atoms with E-state index in [9.17, 15) is 14.9 Å². The number of hydrogen-bond acceptors (Lipinski definition) is 5. The lowest BCUT2D eigenvalue weighted by Gasteiger charge is -2.07. The number of nitrogens with zero attached hydrogens (tertiary/aromatic N) is 1. The summed E-state index contributed by atoms with van der Waals surface area (Å²) in [6.45, 7) is 1.95. The lowest BCUT2D eigenvalue weighted by atomic mass is 10.2. The van der Waals surface area contributed by atoms with Crippen LogP contribution in [0.1, 0.15) is 13.3 Å². The number of hydrogen-bond donors (Lipinski definition) is 0. The Balaban J connectivity index is 2.80. The van der Waals surface area contributed by atoms with Gasteiger partial charge in [-0.1, -0.05) is 13.0 Å². The first-order chi connectivity index (χ1) is 9.51. The van der Waals surface area contributed by atoms with Crippen molar-refractivity contribution in [1.82, 2.24) is 0 Å². The van der Waals surface area contributed by atoms with Crippen molar-refractivity contribution in [1.29, 1.82) is 0 Å². The second-order valence-corrected chi connectivity index (χ2v) is 4.52. The van der Waals surface area contributed by atoms with Crippen LogP contribution in [0.2, 0.25) is 0 Å². The van der Waals surface area contributed by atoms with Crippen molar-refractivity contribution < 1.29 is 19.2 Å². The number of nitro benzene ring substituents is 1. The Bertz CT molecular complexity index is 542. The van der Waals surface area contributed by atoms with Crippen molar-refractivity contribution in [3.63, 3.8) is 0 Å². The van der Waals surface area contributed by atoms with Crippen LogP contribution in [0, 0.1) is 10.1 Å². The van der Waals surface area contributed by atoms with Crippen LogP contribution in [0.15, 0.2) is 34.3 Å². The highest BCUT2D eigenvalue weighted by atomic mass is 79.9. The van der Waals surface area contributed by atoms with Gasteiger partial charge in [-0.2, -0.15) is 0 Å². The molecule has 0 bridgehead atoms. The van der Waals surface area contributed by atoms with E-state index in [1.807, 2.05) is 6.92 Å². The van der Waals surface area contributed by atoms with Gasteiger partial charge in [0.2, 0.25) is 0 Å². The number of benzene rings is 1. The van der Waals surface area contributed by atoms with Crippen LogP contribution in [0.25, 0.3) is 0 Å². The molecule has 0 aromatic heterocycles. The quantitative estimate of drug-likeness (QED) is 0.343. The van der Waals surface area contributed by atoms with Gasteiger partial charge in [0.1, 0.15) is 16.8 Å². The molecular weight excluding hydrogens is 330 g/mol. The molecule has 108 valence electrons. The first-order valence-corrected chi connectivity index (χ1v) is 6.63. The van der Waals surface area contributed by atoms with Crippen LogP contribution < -0.4 is 4.74 Å². The van der Waals surface area contributed by atoms with Crippen LogP contribution >= 0.6 is 15.9 Å². The van der Waals surface area contributed by atoms with Gasteiger partial charge in [0.15, 0.2) is 0 Å². The molecule has 20 heavy (non-hydrogen) atoms. The van der Waals surface area contributed by atoms with Crippen molar-refractivity contribution in [3.8, 4) is 5.75 Å². The molecule has 0 aliphatic heterocycles. The third-order valence-corrected chi connectivity index (χ3v) is 3.33. The Morgan fingerprint density at radius 1 is 1.50 bits per heavy atom. The largest absolute Gasteiger partial charge is 0.488 e. The predicted octanol–water partition coefficient (Wildman–Crippen LogP) is 3.25. The number of halogens is 1. The maximum absolute atomic E-state index is 11.4. The topological polar surface area (TPSA) is 78.7 Å². The van der Waals surface area contributed by atoms with Crippen LogP contribution in [-0.2, 0) is 9.53 Å². The Hall–Kier alpha value is -1.89. The number of methoxy groups -OCH3 is 1. The van der Waals surface area contributed by atoms with Crippen molar-refractivity contribution >= 4 is 27.6 Å². The van der Waals surface area contributed by atoms with Gasteiger partial charge < -0.3 is 9.47 Å². The summed E-state index contributed by atoms with van der Waals surface area (Å²) in [5, 5.41) is 10.8. The first kappa shape index (κ1) is 16.2. The van der Waals surface area contributed by atoms with Crippen LogP contribution in [0.3, 0.4) is 0 Å². The number of ether oxygens (including phenoxy) is 2. The minimum atomic E-state index is -0.501. The SMILES string of the molecule is CC/C(=C/COc1cccc([N+](=O)[O-])c1Br)C(=O)OC. The molecule has 0 N–H and O–H groups in total. The molecular formula is C13H14BrNO5. The Kier molecular flexibility index (Phi) is 6.17. The fourth-order valence-corrected chi connectivity index (χ4v) is 2.01. The molecule has 0 aliphatic carbocycles. The molecule has 0 radical (unpaired) electrons. The molecule has 6 nitrogen and oxygen atoms in total. The molecule has 0 saturated carbocycles. The summed E-state index contributed by atoms with van der Waals surface area (Å²) < 4.78 is 10.3. The predicted molar refractivity (Wildman–Crippen MR) is 76.7 cm³/mol. The van der Waals surface area contributed by atoms with Gasteiger partial charge in [0.25, 0.3) is 5.69 Å². The van der Waals surface area contributed by atoms with Gasteiger partial charge in [-0.05, 0) is 34.5 Å². The summed E-state index contributed by atoms with van der Waals surface area (Å²) in [6, 6.07) is 4.51. The molecule has 1 aromatic carbocycles. The molecule has 0 amide bonds. The van der Waals surface area contributed by atoms with Crippen molar-refractivity contribution in [2.75, 3.05) is 13.7 Å². The number of carbonyl (C=O) groups excluding carboxylic acids is 1. The van der Waals surface area contributed by atoms with E-state index in [2.05, 4.69) is 20.7 Å². The Morgan fingerprint density at radius 3 is 2.75 bits per heavy atom. The molecule has 0 unspecified atom stereocenters. The van der Waals surface area contributed by atoms with E-state index < -0.39 is 10.9 Å². The minimum Gasteiger partial charge on any atom is -0.488 e.